The maximum atomic E-state index is 11.1. The predicted molar refractivity (Wildman–Crippen MR) is 115 cm³/mol. The van der Waals surface area contributed by atoms with E-state index in [0.717, 1.165) is 24.2 Å². The molecule has 6 nitrogen and oxygen atoms in total. The lowest BCUT2D eigenvalue weighted by molar-refractivity contribution is -0.0811. The molecule has 2 heterocycles. The number of carbonyl (C=O) groups is 1. The first kappa shape index (κ1) is 21.0. The number of hydrogen-bond donors (Lipinski definition) is 2. The van der Waals surface area contributed by atoms with Crippen LogP contribution in [0.25, 0.3) is 6.08 Å². The molecule has 2 fully saturated rings. The molecule has 1 saturated heterocycles. The van der Waals surface area contributed by atoms with Crippen LogP contribution in [0.2, 0.25) is 0 Å². The summed E-state index contributed by atoms with van der Waals surface area (Å²) in [6.07, 6.45) is 5.60. The largest absolute Gasteiger partial charge is 0.493 e. The molecule has 4 rings (SSSR count). The summed E-state index contributed by atoms with van der Waals surface area (Å²) < 4.78 is 12.3. The summed E-state index contributed by atoms with van der Waals surface area (Å²) in [6.45, 7) is 4.52. The lowest BCUT2D eigenvalue weighted by atomic mass is 9.87. The Balaban J connectivity index is 1.39. The second-order valence-corrected chi connectivity index (χ2v) is 8.97. The van der Waals surface area contributed by atoms with Gasteiger partial charge in [0.05, 0.1) is 18.8 Å². The van der Waals surface area contributed by atoms with Crippen molar-refractivity contribution >= 4 is 23.4 Å². The smallest absolute Gasteiger partial charge is 0.355 e. The molecular formula is C23H27NO5S. The first-order valence-electron chi connectivity index (χ1n) is 10.3. The van der Waals surface area contributed by atoms with Gasteiger partial charge in [-0.1, -0.05) is 18.2 Å². The van der Waals surface area contributed by atoms with Gasteiger partial charge in [-0.25, -0.2) is 9.78 Å². The molecule has 0 spiro atoms. The molecule has 0 bridgehead atoms. The van der Waals surface area contributed by atoms with Crippen LogP contribution in [0.5, 0.6) is 5.75 Å². The normalized spacial score (nSPS) is 28.6. The Kier molecular flexibility index (Phi) is 6.22. The topological polar surface area (TPSA) is 88.9 Å². The number of thiazole rings is 1. The molecule has 0 radical (unpaired) electrons. The Bertz CT molecular complexity index is 939. The van der Waals surface area contributed by atoms with E-state index in [-0.39, 0.29) is 29.7 Å². The third-order valence-electron chi connectivity index (χ3n) is 6.15. The molecule has 2 N–H and O–H groups in total. The summed E-state index contributed by atoms with van der Waals surface area (Å²) in [5, 5.41) is 22.0. The number of aromatic carboxylic acids is 1. The van der Waals surface area contributed by atoms with E-state index < -0.39 is 12.1 Å². The monoisotopic (exact) mass is 429 g/mol. The number of hydrogen-bond acceptors (Lipinski definition) is 6. The van der Waals surface area contributed by atoms with E-state index in [1.807, 2.05) is 31.2 Å². The number of aliphatic hydroxyl groups is 1. The van der Waals surface area contributed by atoms with Gasteiger partial charge < -0.3 is 19.7 Å². The minimum atomic E-state index is -1.02. The number of allylic oxidation sites excluding steroid dienone is 1. The number of ether oxygens (including phenoxy) is 2. The van der Waals surface area contributed by atoms with Crippen LogP contribution >= 0.6 is 11.3 Å². The summed E-state index contributed by atoms with van der Waals surface area (Å²) in [4.78, 5) is 15.3. The van der Waals surface area contributed by atoms with Crippen molar-refractivity contribution < 1.29 is 24.5 Å². The van der Waals surface area contributed by atoms with Gasteiger partial charge in [-0.05, 0) is 55.9 Å². The number of aryl methyl sites for hydroxylation is 1. The van der Waals surface area contributed by atoms with E-state index in [1.54, 1.807) is 5.38 Å². The maximum absolute atomic E-state index is 11.1. The maximum Gasteiger partial charge on any atom is 0.355 e. The van der Waals surface area contributed by atoms with E-state index in [1.165, 1.54) is 16.9 Å². The Hall–Kier alpha value is -2.22. The molecule has 0 amide bonds. The third kappa shape index (κ3) is 4.29. The number of rotatable bonds is 6. The summed E-state index contributed by atoms with van der Waals surface area (Å²) in [7, 11) is 0. The van der Waals surface area contributed by atoms with E-state index in [9.17, 15) is 9.90 Å². The molecular weight excluding hydrogens is 402 g/mol. The van der Waals surface area contributed by atoms with Gasteiger partial charge in [0.15, 0.2) is 5.69 Å². The van der Waals surface area contributed by atoms with Crippen LogP contribution in [0, 0.1) is 18.8 Å². The molecule has 1 aliphatic carbocycles. The fraction of sp³-hybridized carbons (Fsp3) is 0.478. The van der Waals surface area contributed by atoms with Crippen LogP contribution in [-0.4, -0.2) is 40.0 Å². The van der Waals surface area contributed by atoms with E-state index >= 15 is 0 Å². The Morgan fingerprint density at radius 3 is 2.97 bits per heavy atom. The fourth-order valence-electron chi connectivity index (χ4n) is 4.54. The zero-order valence-electron chi connectivity index (χ0n) is 17.2. The third-order valence-corrected chi connectivity index (χ3v) is 7.09. The van der Waals surface area contributed by atoms with Crippen molar-refractivity contribution in [2.24, 2.45) is 11.8 Å². The zero-order chi connectivity index (χ0) is 21.3. The molecule has 0 unspecified atom stereocenters. The molecule has 5 atom stereocenters. The summed E-state index contributed by atoms with van der Waals surface area (Å²) in [6, 6.07) is 6.05. The Labute approximate surface area is 180 Å². The van der Waals surface area contributed by atoms with E-state index in [0.29, 0.717) is 18.0 Å². The van der Waals surface area contributed by atoms with Crippen LogP contribution in [-0.2, 0) is 4.74 Å². The van der Waals surface area contributed by atoms with Gasteiger partial charge in [0.1, 0.15) is 16.9 Å². The van der Waals surface area contributed by atoms with Crippen molar-refractivity contribution in [3.8, 4) is 5.75 Å². The summed E-state index contributed by atoms with van der Waals surface area (Å²) >= 11 is 1.32. The second kappa shape index (κ2) is 8.88. The van der Waals surface area contributed by atoms with Crippen LogP contribution < -0.4 is 4.74 Å². The number of aromatic nitrogens is 1. The van der Waals surface area contributed by atoms with Gasteiger partial charge in [-0.15, -0.1) is 11.3 Å². The molecule has 1 aliphatic heterocycles. The number of aliphatic hydroxyl groups excluding tert-OH is 1. The molecule has 1 saturated carbocycles. The number of benzene rings is 1. The van der Waals surface area contributed by atoms with Crippen LogP contribution in [0.4, 0.5) is 0 Å². The van der Waals surface area contributed by atoms with Gasteiger partial charge in [-0.3, -0.25) is 0 Å². The molecule has 7 heteroatoms. The van der Waals surface area contributed by atoms with Crippen molar-refractivity contribution in [3.05, 3.63) is 51.5 Å². The second-order valence-electron chi connectivity index (χ2n) is 8.08. The highest BCUT2D eigenvalue weighted by molar-refractivity contribution is 7.09. The SMILES string of the molecule is C/C=C/c1cc(OC[C@@H]2[C@H]3CC[C@H](c4nc(C(=O)O)cs4)O[C@H]3C[C@@H]2O)ccc1C. The van der Waals surface area contributed by atoms with Crippen LogP contribution in [0.1, 0.15) is 58.9 Å². The number of fused-ring (bicyclic) bond motifs is 1. The standard InChI is InChI=1S/C23H27NO5S/c1-3-4-14-9-15(6-5-13(14)2)28-11-17-16-7-8-20(29-21(16)10-19(17)25)22-24-18(12-30-22)23(26)27/h3-6,9,12,16-17,19-21,25H,7-8,10-11H2,1-2H3,(H,26,27)/b4-3+/t16-,17-,19+,20-,21+/m1/s1. The van der Waals surface area contributed by atoms with Crippen molar-refractivity contribution in [2.45, 2.75) is 51.4 Å². The highest BCUT2D eigenvalue weighted by atomic mass is 32.1. The van der Waals surface area contributed by atoms with Gasteiger partial charge in [0, 0.05) is 17.7 Å². The van der Waals surface area contributed by atoms with Crippen molar-refractivity contribution in [1.29, 1.82) is 0 Å². The average molecular weight is 430 g/mol. The molecule has 30 heavy (non-hydrogen) atoms. The number of carboxylic acid groups (broad SMARTS) is 1. The highest BCUT2D eigenvalue weighted by Crippen LogP contribution is 2.46. The molecule has 2 aliphatic rings. The van der Waals surface area contributed by atoms with Crippen molar-refractivity contribution in [2.75, 3.05) is 6.61 Å². The first-order valence-corrected chi connectivity index (χ1v) is 11.2. The first-order chi connectivity index (χ1) is 14.5. The Morgan fingerprint density at radius 1 is 1.40 bits per heavy atom. The molecule has 1 aromatic heterocycles. The zero-order valence-corrected chi connectivity index (χ0v) is 18.0. The van der Waals surface area contributed by atoms with Gasteiger partial charge in [0.2, 0.25) is 0 Å². The lowest BCUT2D eigenvalue weighted by Gasteiger charge is -2.33. The minimum absolute atomic E-state index is 0.0216. The number of carboxylic acids is 1. The lowest BCUT2D eigenvalue weighted by Crippen LogP contribution is -2.33. The van der Waals surface area contributed by atoms with Gasteiger partial charge in [0.25, 0.3) is 0 Å². The van der Waals surface area contributed by atoms with Crippen molar-refractivity contribution in [3.63, 3.8) is 0 Å². The van der Waals surface area contributed by atoms with Gasteiger partial charge in [-0.2, -0.15) is 0 Å². The summed E-state index contributed by atoms with van der Waals surface area (Å²) in [5.74, 6) is 0.0419. The van der Waals surface area contributed by atoms with E-state index in [2.05, 4.69) is 18.0 Å². The van der Waals surface area contributed by atoms with E-state index in [4.69, 9.17) is 14.6 Å². The quantitative estimate of drug-likeness (QED) is 0.704. The Morgan fingerprint density at radius 2 is 2.23 bits per heavy atom. The van der Waals surface area contributed by atoms with Crippen molar-refractivity contribution in [1.82, 2.24) is 4.98 Å². The fourth-order valence-corrected chi connectivity index (χ4v) is 5.40. The van der Waals surface area contributed by atoms with Crippen LogP contribution in [0.3, 0.4) is 0 Å². The minimum Gasteiger partial charge on any atom is -0.493 e. The highest BCUT2D eigenvalue weighted by Gasteiger charge is 2.47. The number of nitrogens with zero attached hydrogens (tertiary/aromatic N) is 1. The average Bonchev–Trinajstić information content (AvgIpc) is 3.33. The molecule has 2 aromatic rings. The van der Waals surface area contributed by atoms with Crippen LogP contribution in [0.15, 0.2) is 29.7 Å². The molecule has 1 aromatic carbocycles. The summed E-state index contributed by atoms with van der Waals surface area (Å²) in [5.41, 5.74) is 2.39. The van der Waals surface area contributed by atoms with Gasteiger partial charge >= 0.3 is 5.97 Å². The predicted octanol–water partition coefficient (Wildman–Crippen LogP) is 4.48. The molecule has 160 valence electrons.